The lowest BCUT2D eigenvalue weighted by molar-refractivity contribution is 0.0594. The molecule has 0 spiro atoms. The number of hydrogen-bond acceptors (Lipinski definition) is 3. The number of nitrogens with zero attached hydrogens (tertiary/aromatic N) is 2. The summed E-state index contributed by atoms with van der Waals surface area (Å²) in [5.74, 6) is 0.619. The Hall–Kier alpha value is -1.65. The van der Waals surface area contributed by atoms with Gasteiger partial charge in [-0.25, -0.2) is 4.98 Å². The third-order valence-electron chi connectivity index (χ3n) is 2.29. The van der Waals surface area contributed by atoms with Crippen molar-refractivity contribution in [1.82, 2.24) is 9.55 Å². The molecule has 0 aliphatic heterocycles. The maximum Gasteiger partial charge on any atom is 0.136 e. The Labute approximate surface area is 94.1 Å². The first kappa shape index (κ1) is 10.9. The monoisotopic (exact) mass is 218 g/mol. The van der Waals surface area contributed by atoms with E-state index in [1.165, 1.54) is 0 Å². The molecule has 4 nitrogen and oxygen atoms in total. The van der Waals surface area contributed by atoms with Gasteiger partial charge in [0.2, 0.25) is 0 Å². The van der Waals surface area contributed by atoms with Crippen LogP contribution in [0.2, 0.25) is 0 Å². The molecule has 0 saturated carbocycles. The molecule has 0 aliphatic carbocycles. The molecule has 0 amide bonds. The summed E-state index contributed by atoms with van der Waals surface area (Å²) in [5, 5.41) is 8.98. The van der Waals surface area contributed by atoms with Crippen molar-refractivity contribution >= 4 is 0 Å². The van der Waals surface area contributed by atoms with Crippen LogP contribution in [0.5, 0.6) is 0 Å². The van der Waals surface area contributed by atoms with Gasteiger partial charge in [-0.3, -0.25) is 0 Å². The van der Waals surface area contributed by atoms with Crippen LogP contribution >= 0.6 is 0 Å². The van der Waals surface area contributed by atoms with E-state index >= 15 is 0 Å². The van der Waals surface area contributed by atoms with Gasteiger partial charge in [-0.15, -0.1) is 0 Å². The SMILES string of the molecule is OCc1nccn1COCc1ccccc1. The first-order valence-electron chi connectivity index (χ1n) is 5.12. The quantitative estimate of drug-likeness (QED) is 0.828. The smallest absolute Gasteiger partial charge is 0.136 e. The van der Waals surface area contributed by atoms with Gasteiger partial charge in [-0.2, -0.15) is 0 Å². The molecule has 16 heavy (non-hydrogen) atoms. The third kappa shape index (κ3) is 2.68. The fraction of sp³-hybridized carbons (Fsp3) is 0.250. The second-order valence-corrected chi connectivity index (χ2v) is 3.43. The Morgan fingerprint density at radius 1 is 1.25 bits per heavy atom. The highest BCUT2D eigenvalue weighted by atomic mass is 16.5. The van der Waals surface area contributed by atoms with Crippen molar-refractivity contribution in [3.8, 4) is 0 Å². The molecule has 0 aliphatic rings. The number of aliphatic hydroxyl groups is 1. The zero-order valence-corrected chi connectivity index (χ0v) is 8.91. The van der Waals surface area contributed by atoms with Crippen LogP contribution in [-0.4, -0.2) is 14.7 Å². The number of aliphatic hydroxyl groups excluding tert-OH is 1. The summed E-state index contributed by atoms with van der Waals surface area (Å²) in [4.78, 5) is 3.99. The highest BCUT2D eigenvalue weighted by molar-refractivity contribution is 5.13. The first-order chi connectivity index (χ1) is 7.90. The second-order valence-electron chi connectivity index (χ2n) is 3.43. The second kappa shape index (κ2) is 5.44. The van der Waals surface area contributed by atoms with Crippen LogP contribution in [0.1, 0.15) is 11.4 Å². The van der Waals surface area contributed by atoms with Crippen LogP contribution in [0, 0.1) is 0 Å². The Morgan fingerprint density at radius 3 is 2.81 bits per heavy atom. The zero-order valence-electron chi connectivity index (χ0n) is 8.91. The molecule has 1 heterocycles. The number of benzene rings is 1. The van der Waals surface area contributed by atoms with E-state index in [1.807, 2.05) is 30.3 Å². The van der Waals surface area contributed by atoms with E-state index in [2.05, 4.69) is 4.98 Å². The van der Waals surface area contributed by atoms with E-state index in [4.69, 9.17) is 9.84 Å². The number of rotatable bonds is 5. The molecule has 84 valence electrons. The lowest BCUT2D eigenvalue weighted by Crippen LogP contribution is -2.06. The Kier molecular flexibility index (Phi) is 3.69. The lowest BCUT2D eigenvalue weighted by Gasteiger charge is -2.07. The average molecular weight is 218 g/mol. The van der Waals surface area contributed by atoms with Crippen LogP contribution in [-0.2, 0) is 24.7 Å². The first-order valence-corrected chi connectivity index (χ1v) is 5.12. The van der Waals surface area contributed by atoms with Crippen LogP contribution in [0.15, 0.2) is 42.7 Å². The standard InChI is InChI=1S/C12H14N2O2/c15-8-12-13-6-7-14(12)10-16-9-11-4-2-1-3-5-11/h1-7,15H,8-10H2. The van der Waals surface area contributed by atoms with Gasteiger partial charge in [0.05, 0.1) is 6.61 Å². The average Bonchev–Trinajstić information content (AvgIpc) is 2.78. The van der Waals surface area contributed by atoms with Crippen molar-refractivity contribution in [3.63, 3.8) is 0 Å². The maximum absolute atomic E-state index is 8.98. The van der Waals surface area contributed by atoms with Crippen LogP contribution < -0.4 is 0 Å². The molecule has 2 rings (SSSR count). The number of aromatic nitrogens is 2. The molecule has 1 N–H and O–H groups in total. The van der Waals surface area contributed by atoms with Crippen LogP contribution in [0.25, 0.3) is 0 Å². The summed E-state index contributed by atoms with van der Waals surface area (Å²) < 4.78 is 7.30. The van der Waals surface area contributed by atoms with E-state index in [0.29, 0.717) is 19.2 Å². The highest BCUT2D eigenvalue weighted by Crippen LogP contribution is 2.03. The van der Waals surface area contributed by atoms with Crippen molar-refractivity contribution in [2.24, 2.45) is 0 Å². The normalized spacial score (nSPS) is 10.6. The Morgan fingerprint density at radius 2 is 2.06 bits per heavy atom. The van der Waals surface area contributed by atoms with Crippen LogP contribution in [0.3, 0.4) is 0 Å². The zero-order chi connectivity index (χ0) is 11.2. The highest BCUT2D eigenvalue weighted by Gasteiger charge is 2.00. The van der Waals surface area contributed by atoms with Crippen molar-refractivity contribution in [1.29, 1.82) is 0 Å². The molecule has 0 radical (unpaired) electrons. The van der Waals surface area contributed by atoms with Crippen molar-refractivity contribution < 1.29 is 9.84 Å². The van der Waals surface area contributed by atoms with Crippen molar-refractivity contribution in [2.45, 2.75) is 19.9 Å². The van der Waals surface area contributed by atoms with Gasteiger partial charge in [0, 0.05) is 12.4 Å². The number of hydrogen-bond donors (Lipinski definition) is 1. The number of imidazole rings is 1. The summed E-state index contributed by atoms with van der Waals surface area (Å²) in [7, 11) is 0. The Bertz CT molecular complexity index is 426. The molecular weight excluding hydrogens is 204 g/mol. The summed E-state index contributed by atoms with van der Waals surface area (Å²) in [6.45, 7) is 0.899. The van der Waals surface area contributed by atoms with Gasteiger partial charge in [0.15, 0.2) is 0 Å². The van der Waals surface area contributed by atoms with Gasteiger partial charge in [0.25, 0.3) is 0 Å². The minimum Gasteiger partial charge on any atom is -0.388 e. The van der Waals surface area contributed by atoms with Gasteiger partial charge >= 0.3 is 0 Å². The van der Waals surface area contributed by atoms with Gasteiger partial charge in [-0.05, 0) is 5.56 Å². The van der Waals surface area contributed by atoms with E-state index in [1.54, 1.807) is 17.0 Å². The predicted octanol–water partition coefficient (Wildman–Crippen LogP) is 1.55. The molecule has 4 heteroatoms. The third-order valence-corrected chi connectivity index (χ3v) is 2.29. The van der Waals surface area contributed by atoms with Gasteiger partial charge in [-0.1, -0.05) is 30.3 Å². The summed E-state index contributed by atoms with van der Waals surface area (Å²) >= 11 is 0. The minimum absolute atomic E-state index is 0.0678. The minimum atomic E-state index is -0.0678. The maximum atomic E-state index is 8.98. The van der Waals surface area contributed by atoms with Gasteiger partial charge < -0.3 is 14.4 Å². The van der Waals surface area contributed by atoms with E-state index in [0.717, 1.165) is 5.56 Å². The molecule has 2 aromatic rings. The fourth-order valence-electron chi connectivity index (χ4n) is 1.45. The molecule has 0 atom stereocenters. The largest absolute Gasteiger partial charge is 0.388 e. The molecule has 0 unspecified atom stereocenters. The molecule has 1 aromatic carbocycles. The fourth-order valence-corrected chi connectivity index (χ4v) is 1.45. The van der Waals surface area contributed by atoms with Crippen molar-refractivity contribution in [3.05, 3.63) is 54.1 Å². The molecule has 0 bridgehead atoms. The summed E-state index contributed by atoms with van der Waals surface area (Å²) in [6.07, 6.45) is 3.44. The molecular formula is C12H14N2O2. The molecule has 0 saturated heterocycles. The summed E-state index contributed by atoms with van der Waals surface area (Å²) in [5.41, 5.74) is 1.13. The summed E-state index contributed by atoms with van der Waals surface area (Å²) in [6, 6.07) is 9.97. The van der Waals surface area contributed by atoms with E-state index in [9.17, 15) is 0 Å². The van der Waals surface area contributed by atoms with E-state index < -0.39 is 0 Å². The van der Waals surface area contributed by atoms with Crippen LogP contribution in [0.4, 0.5) is 0 Å². The molecule has 0 fully saturated rings. The van der Waals surface area contributed by atoms with Crippen molar-refractivity contribution in [2.75, 3.05) is 0 Å². The van der Waals surface area contributed by atoms with Gasteiger partial charge in [0.1, 0.15) is 19.2 Å². The Balaban J connectivity index is 1.85. The van der Waals surface area contributed by atoms with E-state index in [-0.39, 0.29) is 6.61 Å². The topological polar surface area (TPSA) is 47.3 Å². The lowest BCUT2D eigenvalue weighted by atomic mass is 10.2. The number of ether oxygens (including phenoxy) is 1. The predicted molar refractivity (Wildman–Crippen MR) is 59.4 cm³/mol. The molecule has 1 aromatic heterocycles.